The summed E-state index contributed by atoms with van der Waals surface area (Å²) in [4.78, 5) is 11.8. The van der Waals surface area contributed by atoms with Crippen molar-refractivity contribution in [3.05, 3.63) is 53.3 Å². The van der Waals surface area contributed by atoms with E-state index < -0.39 is 11.9 Å². The molecule has 0 amide bonds. The number of carboxylic acids is 1. The van der Waals surface area contributed by atoms with E-state index in [0.717, 1.165) is 43.2 Å². The Morgan fingerprint density at radius 1 is 1.00 bits per heavy atom. The predicted octanol–water partition coefficient (Wildman–Crippen LogP) is 4.07. The molecule has 23 heavy (non-hydrogen) atoms. The highest BCUT2D eigenvalue weighted by molar-refractivity contribution is 5.76. The van der Waals surface area contributed by atoms with Gasteiger partial charge in [0.1, 0.15) is 5.75 Å². The minimum Gasteiger partial charge on any atom is -0.512 e. The maximum absolute atomic E-state index is 11.8. The highest BCUT2D eigenvalue weighted by Gasteiger charge is 2.43. The molecule has 3 N–H and O–H groups in total. The molecule has 0 bridgehead atoms. The third kappa shape index (κ3) is 2.85. The fourth-order valence-electron chi connectivity index (χ4n) is 4.08. The Labute approximate surface area is 135 Å². The van der Waals surface area contributed by atoms with Crippen LogP contribution in [0.4, 0.5) is 0 Å². The van der Waals surface area contributed by atoms with Crippen LogP contribution >= 0.6 is 0 Å². The third-order valence-corrected chi connectivity index (χ3v) is 5.22. The number of allylic oxidation sites excluding steroid dienone is 3. The number of phenols is 1. The van der Waals surface area contributed by atoms with E-state index in [9.17, 15) is 20.1 Å². The van der Waals surface area contributed by atoms with Crippen molar-refractivity contribution >= 4 is 5.97 Å². The average Bonchev–Trinajstić information content (AvgIpc) is 2.56. The van der Waals surface area contributed by atoms with Crippen LogP contribution in [0.1, 0.15) is 44.1 Å². The van der Waals surface area contributed by atoms with Crippen LogP contribution in [0.15, 0.2) is 47.7 Å². The van der Waals surface area contributed by atoms with E-state index in [0.29, 0.717) is 0 Å². The smallest absolute Gasteiger partial charge is 0.311 e. The molecule has 4 nitrogen and oxygen atoms in total. The summed E-state index contributed by atoms with van der Waals surface area (Å²) in [6.07, 6.45) is 8.67. The number of rotatable bonds is 3. The number of aliphatic carboxylic acids is 1. The number of hydrogen-bond donors (Lipinski definition) is 3. The molecule has 2 aliphatic carbocycles. The molecule has 0 aromatic heterocycles. The van der Waals surface area contributed by atoms with E-state index in [-0.39, 0.29) is 23.3 Å². The second-order valence-corrected chi connectivity index (χ2v) is 6.56. The lowest BCUT2D eigenvalue weighted by Crippen LogP contribution is -2.38. The minimum absolute atomic E-state index is 0.123. The van der Waals surface area contributed by atoms with Crippen molar-refractivity contribution in [3.63, 3.8) is 0 Å². The van der Waals surface area contributed by atoms with Gasteiger partial charge in [-0.15, -0.1) is 0 Å². The number of hydrogen-bond acceptors (Lipinski definition) is 3. The van der Waals surface area contributed by atoms with Gasteiger partial charge in [-0.1, -0.05) is 37.5 Å². The van der Waals surface area contributed by atoms with E-state index in [2.05, 4.69) is 0 Å². The van der Waals surface area contributed by atoms with Gasteiger partial charge in [0.2, 0.25) is 0 Å². The first-order chi connectivity index (χ1) is 11.0. The first-order valence-electron chi connectivity index (χ1n) is 8.15. The number of aromatic hydroxyl groups is 1. The van der Waals surface area contributed by atoms with Crippen molar-refractivity contribution in [1.82, 2.24) is 0 Å². The molecule has 0 aliphatic heterocycles. The number of benzene rings is 1. The van der Waals surface area contributed by atoms with Crippen LogP contribution in [-0.2, 0) is 10.2 Å². The van der Waals surface area contributed by atoms with Gasteiger partial charge in [-0.3, -0.25) is 4.79 Å². The fraction of sp³-hybridized carbons (Fsp3) is 0.421. The summed E-state index contributed by atoms with van der Waals surface area (Å²) in [5, 5.41) is 29.0. The van der Waals surface area contributed by atoms with Crippen LogP contribution in [0.5, 0.6) is 5.75 Å². The standard InChI is InChI=1S/C19H22O4/c20-14-6-4-13(5-7-14)19(10-2-1-3-11-19)17-9-8-15(21)12-16(17)18(22)23/h4-9,16,20-21H,1-3,10-12H2,(H,22,23). The molecule has 1 aromatic carbocycles. The van der Waals surface area contributed by atoms with Crippen LogP contribution in [-0.4, -0.2) is 21.3 Å². The van der Waals surface area contributed by atoms with Gasteiger partial charge in [0.15, 0.2) is 0 Å². The molecule has 2 aliphatic rings. The van der Waals surface area contributed by atoms with Crippen molar-refractivity contribution in [2.45, 2.75) is 43.9 Å². The Morgan fingerprint density at radius 2 is 1.65 bits per heavy atom. The summed E-state index contributed by atoms with van der Waals surface area (Å²) >= 11 is 0. The lowest BCUT2D eigenvalue weighted by Gasteiger charge is -2.43. The molecule has 1 saturated carbocycles. The molecule has 1 atom stereocenters. The maximum Gasteiger partial charge on any atom is 0.311 e. The zero-order valence-electron chi connectivity index (χ0n) is 13.0. The van der Waals surface area contributed by atoms with E-state index in [1.807, 2.05) is 12.1 Å². The van der Waals surface area contributed by atoms with Gasteiger partial charge >= 0.3 is 5.97 Å². The largest absolute Gasteiger partial charge is 0.512 e. The minimum atomic E-state index is -0.889. The van der Waals surface area contributed by atoms with Gasteiger partial charge in [0.25, 0.3) is 0 Å². The van der Waals surface area contributed by atoms with Crippen molar-refractivity contribution in [2.75, 3.05) is 0 Å². The third-order valence-electron chi connectivity index (χ3n) is 5.22. The van der Waals surface area contributed by atoms with Crippen molar-refractivity contribution in [3.8, 4) is 5.75 Å². The summed E-state index contributed by atoms with van der Waals surface area (Å²) in [6.45, 7) is 0. The number of carboxylic acid groups (broad SMARTS) is 1. The normalized spacial score (nSPS) is 23.7. The van der Waals surface area contributed by atoms with Crippen LogP contribution in [0, 0.1) is 5.92 Å². The monoisotopic (exact) mass is 314 g/mol. The Morgan fingerprint density at radius 3 is 2.26 bits per heavy atom. The molecular weight excluding hydrogens is 292 g/mol. The van der Waals surface area contributed by atoms with Crippen molar-refractivity contribution < 1.29 is 20.1 Å². The van der Waals surface area contributed by atoms with Crippen molar-refractivity contribution in [2.24, 2.45) is 5.92 Å². The second-order valence-electron chi connectivity index (χ2n) is 6.56. The summed E-state index contributed by atoms with van der Waals surface area (Å²) in [5.74, 6) is -1.24. The number of aliphatic hydroxyl groups excluding tert-OH is 1. The van der Waals surface area contributed by atoms with Gasteiger partial charge in [-0.2, -0.15) is 0 Å². The van der Waals surface area contributed by atoms with Crippen molar-refractivity contribution in [1.29, 1.82) is 0 Å². The van der Waals surface area contributed by atoms with E-state index in [1.165, 1.54) is 0 Å². The molecule has 0 spiro atoms. The number of aliphatic hydroxyl groups is 1. The Balaban J connectivity index is 2.11. The first kappa shape index (κ1) is 15.7. The van der Waals surface area contributed by atoms with Crippen LogP contribution in [0.3, 0.4) is 0 Å². The average molecular weight is 314 g/mol. The lowest BCUT2D eigenvalue weighted by molar-refractivity contribution is -0.141. The highest BCUT2D eigenvalue weighted by Crippen LogP contribution is 2.49. The zero-order chi connectivity index (χ0) is 16.4. The predicted molar refractivity (Wildman–Crippen MR) is 87.4 cm³/mol. The van der Waals surface area contributed by atoms with Crippen LogP contribution < -0.4 is 0 Å². The quantitative estimate of drug-likeness (QED) is 0.786. The number of phenolic OH excluding ortho intramolecular Hbond substituents is 1. The molecule has 4 heteroatoms. The summed E-state index contributed by atoms with van der Waals surface area (Å²) in [5.41, 5.74) is 1.63. The Bertz CT molecular complexity index is 648. The molecular formula is C19H22O4. The highest BCUT2D eigenvalue weighted by atomic mass is 16.4. The van der Waals surface area contributed by atoms with Crippen LogP contribution in [0.2, 0.25) is 0 Å². The van der Waals surface area contributed by atoms with Gasteiger partial charge < -0.3 is 15.3 Å². The lowest BCUT2D eigenvalue weighted by atomic mass is 9.60. The maximum atomic E-state index is 11.8. The van der Waals surface area contributed by atoms with Gasteiger partial charge in [-0.05, 0) is 42.2 Å². The molecule has 1 unspecified atom stereocenters. The van der Waals surface area contributed by atoms with Crippen LogP contribution in [0.25, 0.3) is 0 Å². The summed E-state index contributed by atoms with van der Waals surface area (Å²) in [6, 6.07) is 7.13. The van der Waals surface area contributed by atoms with E-state index in [4.69, 9.17) is 0 Å². The van der Waals surface area contributed by atoms with Gasteiger partial charge in [0.05, 0.1) is 11.7 Å². The van der Waals surface area contributed by atoms with Gasteiger partial charge in [-0.25, -0.2) is 0 Å². The molecule has 0 saturated heterocycles. The fourth-order valence-corrected chi connectivity index (χ4v) is 4.08. The SMILES string of the molecule is O=C(O)C1CC(O)=CC=C1C1(c2ccc(O)cc2)CCCCC1. The number of carbonyl (C=O) groups is 1. The van der Waals surface area contributed by atoms with Gasteiger partial charge in [0, 0.05) is 11.8 Å². The molecule has 122 valence electrons. The summed E-state index contributed by atoms with van der Waals surface area (Å²) < 4.78 is 0. The van der Waals surface area contributed by atoms with E-state index >= 15 is 0 Å². The molecule has 0 radical (unpaired) electrons. The summed E-state index contributed by atoms with van der Waals surface area (Å²) in [7, 11) is 0. The topological polar surface area (TPSA) is 77.8 Å². The molecule has 0 heterocycles. The second kappa shape index (κ2) is 6.11. The first-order valence-corrected chi connectivity index (χ1v) is 8.15. The molecule has 3 rings (SSSR count). The zero-order valence-corrected chi connectivity index (χ0v) is 13.0. The Kier molecular flexibility index (Phi) is 4.16. The van der Waals surface area contributed by atoms with E-state index in [1.54, 1.807) is 24.3 Å². The Hall–Kier alpha value is -2.23. The molecule has 1 aromatic rings. The molecule has 1 fully saturated rings.